The van der Waals surface area contributed by atoms with Gasteiger partial charge in [-0.15, -0.1) is 0 Å². The van der Waals surface area contributed by atoms with Crippen LogP contribution in [0.1, 0.15) is 12.0 Å². The Morgan fingerprint density at radius 1 is 1.10 bits per heavy atom. The number of nitro benzene ring substituents is 1. The van der Waals surface area contributed by atoms with Crippen molar-refractivity contribution in [3.05, 3.63) is 70.5 Å². The topological polar surface area (TPSA) is 111 Å². The largest absolute Gasteiger partial charge is 0.494 e. The molecule has 212 valence electrons. The summed E-state index contributed by atoms with van der Waals surface area (Å²) in [7, 11) is 5.63. The SMILES string of the molecule is COc1cc(N2CCN(C)CC2)c([N+](=O)[O-])cc1Nc1ncc(C2=CCOCC2)c(-c2cn(C)c3ccccc23)n1. The molecule has 0 amide bonds. The number of rotatable bonds is 7. The lowest BCUT2D eigenvalue weighted by atomic mass is 9.97. The van der Waals surface area contributed by atoms with Crippen LogP contribution in [-0.4, -0.2) is 77.9 Å². The third kappa shape index (κ3) is 5.21. The van der Waals surface area contributed by atoms with Crippen LogP contribution in [0.5, 0.6) is 5.75 Å². The number of nitro groups is 1. The zero-order chi connectivity index (χ0) is 28.5. The third-order valence-corrected chi connectivity index (χ3v) is 7.83. The van der Waals surface area contributed by atoms with Gasteiger partial charge in [0.1, 0.15) is 11.4 Å². The number of aryl methyl sites for hydroxylation is 1. The molecule has 0 aliphatic carbocycles. The van der Waals surface area contributed by atoms with Crippen LogP contribution in [0.2, 0.25) is 0 Å². The number of nitrogens with one attached hydrogen (secondary N) is 1. The van der Waals surface area contributed by atoms with E-state index in [1.54, 1.807) is 13.2 Å². The summed E-state index contributed by atoms with van der Waals surface area (Å²) in [5, 5.41) is 16.5. The molecule has 0 saturated carbocycles. The van der Waals surface area contributed by atoms with E-state index in [1.807, 2.05) is 30.3 Å². The van der Waals surface area contributed by atoms with E-state index in [2.05, 4.69) is 51.2 Å². The summed E-state index contributed by atoms with van der Waals surface area (Å²) in [6.45, 7) is 4.25. The average Bonchev–Trinajstić information content (AvgIpc) is 3.34. The summed E-state index contributed by atoms with van der Waals surface area (Å²) in [6, 6.07) is 11.5. The van der Waals surface area contributed by atoms with Crippen LogP contribution in [0.3, 0.4) is 0 Å². The minimum absolute atomic E-state index is 0.0103. The number of aromatic nitrogens is 3. The fraction of sp³-hybridized carbons (Fsp3) is 0.333. The number of benzene rings is 2. The van der Waals surface area contributed by atoms with Crippen molar-refractivity contribution in [1.29, 1.82) is 0 Å². The molecule has 1 N–H and O–H groups in total. The summed E-state index contributed by atoms with van der Waals surface area (Å²) >= 11 is 0. The van der Waals surface area contributed by atoms with Crippen LogP contribution in [0.15, 0.2) is 54.9 Å². The molecule has 11 nitrogen and oxygen atoms in total. The van der Waals surface area contributed by atoms with Crippen LogP contribution in [-0.2, 0) is 11.8 Å². The van der Waals surface area contributed by atoms with E-state index in [1.165, 1.54) is 6.07 Å². The molecule has 0 bridgehead atoms. The number of anilines is 3. The highest BCUT2D eigenvalue weighted by Gasteiger charge is 2.26. The van der Waals surface area contributed by atoms with Gasteiger partial charge in [-0.1, -0.05) is 24.3 Å². The number of likely N-dealkylation sites (N-methyl/N-ethyl adjacent to an activating group) is 1. The minimum atomic E-state index is -0.346. The monoisotopic (exact) mass is 555 g/mol. The molecule has 0 unspecified atom stereocenters. The number of hydrogen-bond donors (Lipinski definition) is 1. The first-order valence-electron chi connectivity index (χ1n) is 13.7. The zero-order valence-corrected chi connectivity index (χ0v) is 23.5. The van der Waals surface area contributed by atoms with Gasteiger partial charge < -0.3 is 29.2 Å². The Morgan fingerprint density at radius 3 is 2.63 bits per heavy atom. The van der Waals surface area contributed by atoms with Gasteiger partial charge in [0.05, 0.1) is 36.6 Å². The number of ether oxygens (including phenoxy) is 2. The van der Waals surface area contributed by atoms with Crippen molar-refractivity contribution in [2.45, 2.75) is 6.42 Å². The van der Waals surface area contributed by atoms with E-state index in [0.29, 0.717) is 49.4 Å². The molecule has 11 heteroatoms. The molecule has 2 aliphatic rings. The maximum atomic E-state index is 12.2. The quantitative estimate of drug-likeness (QED) is 0.253. The Kier molecular flexibility index (Phi) is 7.29. The standard InChI is InChI=1S/C30H33N7O4/c1-34-10-12-36(13-11-34)26-17-28(40-3)24(16-27(26)37(38)39)32-30-31-18-22(20-8-14-41-15-9-20)29(33-30)23-19-35(2)25-7-5-4-6-21(23)25/h4-8,16-19H,9-15H2,1-3H3,(H,31,32,33). The van der Waals surface area contributed by atoms with Gasteiger partial charge in [0.15, 0.2) is 0 Å². The van der Waals surface area contributed by atoms with Crippen molar-refractivity contribution in [2.75, 3.05) is 63.8 Å². The fourth-order valence-corrected chi connectivity index (χ4v) is 5.58. The second-order valence-corrected chi connectivity index (χ2v) is 10.4. The van der Waals surface area contributed by atoms with Crippen molar-refractivity contribution in [1.82, 2.24) is 19.4 Å². The number of piperazine rings is 1. The van der Waals surface area contributed by atoms with E-state index in [0.717, 1.165) is 52.8 Å². The molecule has 0 spiro atoms. The lowest BCUT2D eigenvalue weighted by Gasteiger charge is -2.34. The van der Waals surface area contributed by atoms with Gasteiger partial charge in [-0.2, -0.15) is 0 Å². The van der Waals surface area contributed by atoms with E-state index >= 15 is 0 Å². The van der Waals surface area contributed by atoms with Crippen LogP contribution < -0.4 is 15.0 Å². The Bertz CT molecular complexity index is 1640. The number of fused-ring (bicyclic) bond motifs is 1. The number of para-hydroxylation sites is 1. The summed E-state index contributed by atoms with van der Waals surface area (Å²) in [5.74, 6) is 0.806. The highest BCUT2D eigenvalue weighted by atomic mass is 16.6. The zero-order valence-electron chi connectivity index (χ0n) is 23.5. The van der Waals surface area contributed by atoms with Crippen molar-refractivity contribution in [3.8, 4) is 17.0 Å². The predicted octanol–water partition coefficient (Wildman–Crippen LogP) is 4.85. The first-order chi connectivity index (χ1) is 19.9. The van der Waals surface area contributed by atoms with Gasteiger partial charge in [-0.3, -0.25) is 10.1 Å². The van der Waals surface area contributed by atoms with Crippen LogP contribution in [0, 0.1) is 10.1 Å². The first-order valence-corrected chi connectivity index (χ1v) is 13.7. The second kappa shape index (κ2) is 11.2. The minimum Gasteiger partial charge on any atom is -0.494 e. The maximum Gasteiger partial charge on any atom is 0.294 e. The van der Waals surface area contributed by atoms with Gasteiger partial charge in [-0.05, 0) is 25.1 Å². The molecule has 4 aromatic rings. The Morgan fingerprint density at radius 2 is 1.90 bits per heavy atom. The van der Waals surface area contributed by atoms with Crippen molar-refractivity contribution in [3.63, 3.8) is 0 Å². The molecule has 2 aromatic heterocycles. The van der Waals surface area contributed by atoms with Crippen LogP contribution >= 0.6 is 0 Å². The van der Waals surface area contributed by atoms with Crippen LogP contribution in [0.25, 0.3) is 27.7 Å². The Labute approximate surface area is 238 Å². The van der Waals surface area contributed by atoms with Crippen molar-refractivity contribution >= 4 is 39.5 Å². The first kappa shape index (κ1) is 26.7. The van der Waals surface area contributed by atoms with Crippen molar-refractivity contribution < 1.29 is 14.4 Å². The molecule has 0 radical (unpaired) electrons. The molecule has 1 saturated heterocycles. The number of nitrogens with zero attached hydrogens (tertiary/aromatic N) is 6. The average molecular weight is 556 g/mol. The van der Waals surface area contributed by atoms with Gasteiger partial charge in [0, 0.05) is 79.8 Å². The molecule has 41 heavy (non-hydrogen) atoms. The summed E-state index contributed by atoms with van der Waals surface area (Å²) in [5.41, 5.74) is 5.93. The van der Waals surface area contributed by atoms with E-state index in [9.17, 15) is 10.1 Å². The lowest BCUT2D eigenvalue weighted by molar-refractivity contribution is -0.384. The van der Waals surface area contributed by atoms with E-state index in [4.69, 9.17) is 14.5 Å². The van der Waals surface area contributed by atoms with Gasteiger partial charge >= 0.3 is 0 Å². The van der Waals surface area contributed by atoms with Crippen LogP contribution in [0.4, 0.5) is 23.0 Å². The van der Waals surface area contributed by atoms with Gasteiger partial charge in [0.25, 0.3) is 5.69 Å². The maximum absolute atomic E-state index is 12.2. The van der Waals surface area contributed by atoms with E-state index < -0.39 is 0 Å². The normalized spacial score (nSPS) is 16.1. The summed E-state index contributed by atoms with van der Waals surface area (Å²) in [6.07, 6.45) is 6.74. The highest BCUT2D eigenvalue weighted by Crippen LogP contribution is 2.41. The summed E-state index contributed by atoms with van der Waals surface area (Å²) < 4.78 is 13.3. The lowest BCUT2D eigenvalue weighted by Crippen LogP contribution is -2.44. The second-order valence-electron chi connectivity index (χ2n) is 10.4. The van der Waals surface area contributed by atoms with Gasteiger partial charge in [-0.25, -0.2) is 9.97 Å². The summed E-state index contributed by atoms with van der Waals surface area (Å²) in [4.78, 5) is 25.7. The third-order valence-electron chi connectivity index (χ3n) is 7.83. The Balaban J connectivity index is 1.43. The smallest absolute Gasteiger partial charge is 0.294 e. The molecule has 6 rings (SSSR count). The molecule has 4 heterocycles. The molecule has 0 atom stereocenters. The fourth-order valence-electron chi connectivity index (χ4n) is 5.58. The van der Waals surface area contributed by atoms with Gasteiger partial charge in [0.2, 0.25) is 5.95 Å². The number of hydrogen-bond acceptors (Lipinski definition) is 9. The van der Waals surface area contributed by atoms with Crippen molar-refractivity contribution in [2.24, 2.45) is 7.05 Å². The molecule has 2 aliphatic heterocycles. The predicted molar refractivity (Wildman–Crippen MR) is 160 cm³/mol. The highest BCUT2D eigenvalue weighted by molar-refractivity contribution is 5.98. The molecule has 2 aromatic carbocycles. The number of methoxy groups -OCH3 is 1. The Hall–Kier alpha value is -4.48. The molecular weight excluding hydrogens is 522 g/mol. The molecule has 1 fully saturated rings. The molecular formula is C30H33N7O4. The van der Waals surface area contributed by atoms with E-state index in [-0.39, 0.29) is 10.6 Å².